The Labute approximate surface area is 267 Å². The lowest BCUT2D eigenvalue weighted by Crippen LogP contribution is -2.33. The van der Waals surface area contributed by atoms with Gasteiger partial charge in [-0.25, -0.2) is 28.1 Å². The number of rotatable bonds is 13. The molecule has 5 aromatic rings. The number of nitrogens with one attached hydrogen (secondary N) is 2. The second-order valence-corrected chi connectivity index (χ2v) is 12.8. The van der Waals surface area contributed by atoms with Crippen LogP contribution in [-0.2, 0) is 25.9 Å². The number of aliphatic hydroxyl groups excluding tert-OH is 2. The van der Waals surface area contributed by atoms with Crippen molar-refractivity contribution in [2.75, 3.05) is 32.1 Å². The summed E-state index contributed by atoms with van der Waals surface area (Å²) in [5.41, 5.74) is 3.04. The van der Waals surface area contributed by atoms with Crippen molar-refractivity contribution in [3.8, 4) is 0 Å². The molecule has 0 unspecified atom stereocenters. The molecule has 1 fully saturated rings. The predicted octanol–water partition coefficient (Wildman–Crippen LogP) is 2.86. The fraction of sp³-hybridized carbons (Fsp3) is 0.303. The minimum absolute atomic E-state index is 0.0134. The zero-order chi connectivity index (χ0) is 32.1. The van der Waals surface area contributed by atoms with Crippen LogP contribution in [0.25, 0.3) is 11.2 Å². The normalized spacial score (nSPS) is 20.0. The van der Waals surface area contributed by atoms with E-state index in [4.69, 9.17) is 19.4 Å². The molecule has 13 heteroatoms. The number of hydrogen-bond acceptors (Lipinski definition) is 10. The van der Waals surface area contributed by atoms with Gasteiger partial charge in [0.25, 0.3) is 0 Å². The van der Waals surface area contributed by atoms with E-state index in [0.29, 0.717) is 29.4 Å². The topological polar surface area (TPSA) is 161 Å². The van der Waals surface area contributed by atoms with E-state index >= 15 is 0 Å². The lowest BCUT2D eigenvalue weighted by molar-refractivity contribution is -0.0580. The first-order chi connectivity index (χ1) is 22.4. The van der Waals surface area contributed by atoms with Gasteiger partial charge in [0.05, 0.1) is 17.8 Å². The Kier molecular flexibility index (Phi) is 9.68. The molecule has 0 bridgehead atoms. The number of fused-ring (bicyclic) bond motifs is 1. The zero-order valence-electron chi connectivity index (χ0n) is 25.2. The first-order valence-electron chi connectivity index (χ1n) is 15.0. The fourth-order valence-electron chi connectivity index (χ4n) is 5.62. The van der Waals surface area contributed by atoms with Crippen LogP contribution in [-0.4, -0.2) is 83.3 Å². The third-order valence-corrected chi connectivity index (χ3v) is 9.46. The maximum absolute atomic E-state index is 12.8. The van der Waals surface area contributed by atoms with E-state index in [0.717, 1.165) is 11.1 Å². The minimum Gasteiger partial charge on any atom is -0.387 e. The van der Waals surface area contributed by atoms with Gasteiger partial charge in [-0.05, 0) is 23.3 Å². The van der Waals surface area contributed by atoms with Crippen LogP contribution in [0.3, 0.4) is 0 Å². The van der Waals surface area contributed by atoms with Crippen molar-refractivity contribution in [2.45, 2.75) is 41.8 Å². The second-order valence-electron chi connectivity index (χ2n) is 11.0. The zero-order valence-corrected chi connectivity index (χ0v) is 26.0. The van der Waals surface area contributed by atoms with E-state index in [2.05, 4.69) is 39.3 Å². The highest BCUT2D eigenvalue weighted by Gasteiger charge is 2.44. The Morgan fingerprint density at radius 3 is 2.17 bits per heavy atom. The number of sulfonamides is 1. The smallest absolute Gasteiger partial charge is 0.240 e. The second kappa shape index (κ2) is 14.0. The van der Waals surface area contributed by atoms with Gasteiger partial charge in [0.1, 0.15) is 24.1 Å². The predicted molar refractivity (Wildman–Crippen MR) is 172 cm³/mol. The summed E-state index contributed by atoms with van der Waals surface area (Å²) >= 11 is 0. The summed E-state index contributed by atoms with van der Waals surface area (Å²) in [6.07, 6.45) is -2.49. The highest BCUT2D eigenvalue weighted by atomic mass is 32.2. The SMILES string of the molecule is COC[C@H]1O[C@@H](n2cnc3c(NCC(c4ccccc4)c4ccccc4)nc(CCNS(=O)(=O)c4ccccc4)nc32)[C@H](O)[C@@H]1O. The van der Waals surface area contributed by atoms with Crippen LogP contribution in [0, 0.1) is 0 Å². The minimum atomic E-state index is -3.73. The van der Waals surface area contributed by atoms with Crippen molar-refractivity contribution in [3.05, 3.63) is 114 Å². The van der Waals surface area contributed by atoms with Gasteiger partial charge in [-0.15, -0.1) is 0 Å². The number of anilines is 1. The lowest BCUT2D eigenvalue weighted by Gasteiger charge is -2.20. The van der Waals surface area contributed by atoms with Crippen LogP contribution in [0.5, 0.6) is 0 Å². The van der Waals surface area contributed by atoms with Crippen LogP contribution in [0.1, 0.15) is 29.1 Å². The average Bonchev–Trinajstić information content (AvgIpc) is 3.62. The third-order valence-electron chi connectivity index (χ3n) is 7.98. The van der Waals surface area contributed by atoms with Gasteiger partial charge >= 0.3 is 0 Å². The number of ether oxygens (including phenoxy) is 2. The van der Waals surface area contributed by atoms with Crippen LogP contribution in [0.4, 0.5) is 5.82 Å². The molecule has 4 N–H and O–H groups in total. The van der Waals surface area contributed by atoms with Crippen molar-refractivity contribution in [1.29, 1.82) is 0 Å². The molecule has 240 valence electrons. The number of hydrogen-bond donors (Lipinski definition) is 4. The Bertz CT molecular complexity index is 1800. The van der Waals surface area contributed by atoms with E-state index in [1.165, 1.54) is 25.6 Å². The molecule has 12 nitrogen and oxygen atoms in total. The molecule has 2 aromatic heterocycles. The molecule has 46 heavy (non-hydrogen) atoms. The molecule has 4 atom stereocenters. The Morgan fingerprint density at radius 1 is 0.913 bits per heavy atom. The molecule has 1 aliphatic heterocycles. The molecule has 1 saturated heterocycles. The quantitative estimate of drug-likeness (QED) is 0.150. The number of aromatic nitrogens is 4. The molecule has 0 spiro atoms. The van der Waals surface area contributed by atoms with E-state index < -0.39 is 34.6 Å². The monoisotopic (exact) mass is 644 g/mol. The molecular weight excluding hydrogens is 608 g/mol. The lowest BCUT2D eigenvalue weighted by atomic mass is 9.91. The fourth-order valence-corrected chi connectivity index (χ4v) is 6.67. The summed E-state index contributed by atoms with van der Waals surface area (Å²) in [6, 6.07) is 28.4. The summed E-state index contributed by atoms with van der Waals surface area (Å²) in [6.45, 7) is 0.616. The van der Waals surface area contributed by atoms with Gasteiger partial charge < -0.3 is 25.0 Å². The summed E-state index contributed by atoms with van der Waals surface area (Å²) in [7, 11) is -2.24. The summed E-state index contributed by atoms with van der Waals surface area (Å²) in [5.74, 6) is 0.786. The number of methoxy groups -OCH3 is 1. The van der Waals surface area contributed by atoms with Crippen molar-refractivity contribution < 1.29 is 28.1 Å². The van der Waals surface area contributed by atoms with E-state index in [1.54, 1.807) is 22.8 Å². The molecule has 3 aromatic carbocycles. The van der Waals surface area contributed by atoms with E-state index in [9.17, 15) is 18.6 Å². The van der Waals surface area contributed by atoms with E-state index in [1.807, 2.05) is 36.4 Å². The highest BCUT2D eigenvalue weighted by Crippen LogP contribution is 2.33. The molecule has 6 rings (SSSR count). The summed E-state index contributed by atoms with van der Waals surface area (Å²) in [5, 5.41) is 24.9. The Hall–Kier alpha value is -4.24. The Balaban J connectivity index is 1.32. The van der Waals surface area contributed by atoms with Crippen LogP contribution in [0.15, 0.2) is 102 Å². The molecule has 0 saturated carbocycles. The first-order valence-corrected chi connectivity index (χ1v) is 16.5. The Morgan fingerprint density at radius 2 is 1.54 bits per heavy atom. The summed E-state index contributed by atoms with van der Waals surface area (Å²) in [4.78, 5) is 14.2. The average molecular weight is 645 g/mol. The van der Waals surface area contributed by atoms with Gasteiger partial charge in [-0.3, -0.25) is 4.57 Å². The van der Waals surface area contributed by atoms with Crippen molar-refractivity contribution in [1.82, 2.24) is 24.2 Å². The first kappa shape index (κ1) is 31.7. The molecule has 3 heterocycles. The standard InChI is InChI=1S/C33H36N6O6S/c1-44-20-26-29(40)30(41)33(45-26)39-21-35-28-31(34-19-25(22-11-5-2-6-12-22)23-13-7-3-8-14-23)37-27(38-32(28)39)17-18-36-46(42,43)24-15-9-4-10-16-24/h2-16,21,25-26,29-30,33,36,40-41H,17-20H2,1H3,(H,34,37,38)/t26-,29-,30-,33-/m1/s1. The third kappa shape index (κ3) is 6.79. The van der Waals surface area contributed by atoms with Crippen molar-refractivity contribution in [2.24, 2.45) is 0 Å². The number of aliphatic hydroxyl groups is 2. The molecule has 0 radical (unpaired) electrons. The van der Waals surface area contributed by atoms with Crippen molar-refractivity contribution >= 4 is 27.0 Å². The largest absolute Gasteiger partial charge is 0.387 e. The number of benzene rings is 3. The van der Waals surface area contributed by atoms with Gasteiger partial charge in [0, 0.05) is 32.5 Å². The van der Waals surface area contributed by atoms with Gasteiger partial charge in [0.2, 0.25) is 10.0 Å². The summed E-state index contributed by atoms with van der Waals surface area (Å²) < 4.78 is 41.0. The molecule has 1 aliphatic rings. The van der Waals surface area contributed by atoms with Crippen LogP contribution >= 0.6 is 0 Å². The maximum Gasteiger partial charge on any atom is 0.240 e. The highest BCUT2D eigenvalue weighted by molar-refractivity contribution is 7.89. The molecule has 0 amide bonds. The van der Waals surface area contributed by atoms with Gasteiger partial charge in [-0.2, -0.15) is 0 Å². The number of nitrogens with zero attached hydrogens (tertiary/aromatic N) is 4. The van der Waals surface area contributed by atoms with Gasteiger partial charge in [0.15, 0.2) is 23.2 Å². The van der Waals surface area contributed by atoms with Crippen LogP contribution in [0.2, 0.25) is 0 Å². The van der Waals surface area contributed by atoms with E-state index in [-0.39, 0.29) is 30.4 Å². The molecule has 0 aliphatic carbocycles. The molecular formula is C33H36N6O6S. The van der Waals surface area contributed by atoms with Crippen LogP contribution < -0.4 is 10.0 Å². The maximum atomic E-state index is 12.8. The van der Waals surface area contributed by atoms with Crippen molar-refractivity contribution in [3.63, 3.8) is 0 Å². The van der Waals surface area contributed by atoms with Gasteiger partial charge in [-0.1, -0.05) is 78.9 Å². The number of imidazole rings is 1.